The number of sulfonamides is 1. The molecule has 1 N–H and O–H groups in total. The summed E-state index contributed by atoms with van der Waals surface area (Å²) in [7, 11) is -5.44. The summed E-state index contributed by atoms with van der Waals surface area (Å²) in [6.45, 7) is 4.84. The number of carbonyl (C=O) groups excluding carboxylic acids is 1. The Balaban J connectivity index is 2.66. The SMILES string of the molecule is CC/C(=C\C=C(/C)F)c1oc2nc(N(CCCCS(C)(=O)=O)S(C)(=O)=O)c(C)cc2c1C(=O)NC. The predicted octanol–water partition coefficient (Wildman–Crippen LogP) is 3.75. The number of pyridine rings is 1. The van der Waals surface area contributed by atoms with E-state index in [2.05, 4.69) is 10.3 Å². The van der Waals surface area contributed by atoms with Gasteiger partial charge in [0.05, 0.1) is 23.0 Å². The largest absolute Gasteiger partial charge is 0.437 e. The monoisotopic (exact) mass is 529 g/mol. The topological polar surface area (TPSA) is 127 Å². The molecule has 0 aromatic carbocycles. The van der Waals surface area contributed by atoms with Gasteiger partial charge in [-0.3, -0.25) is 9.10 Å². The van der Waals surface area contributed by atoms with E-state index in [9.17, 15) is 26.0 Å². The Hall–Kier alpha value is -2.73. The molecule has 2 aromatic rings. The van der Waals surface area contributed by atoms with Crippen LogP contribution in [0.15, 0.2) is 28.5 Å². The van der Waals surface area contributed by atoms with Gasteiger partial charge in [-0.25, -0.2) is 21.2 Å². The fourth-order valence-electron chi connectivity index (χ4n) is 3.56. The summed E-state index contributed by atoms with van der Waals surface area (Å²) in [5.74, 6) is -0.531. The number of halogens is 1. The lowest BCUT2D eigenvalue weighted by molar-refractivity contribution is 0.0963. The second-order valence-electron chi connectivity index (χ2n) is 8.34. The van der Waals surface area contributed by atoms with Crippen LogP contribution in [0.4, 0.5) is 10.2 Å². The Morgan fingerprint density at radius 2 is 1.86 bits per heavy atom. The van der Waals surface area contributed by atoms with Crippen LogP contribution in [0, 0.1) is 6.92 Å². The molecule has 0 aliphatic rings. The van der Waals surface area contributed by atoms with Crippen molar-refractivity contribution in [1.29, 1.82) is 0 Å². The molecule has 9 nitrogen and oxygen atoms in total. The van der Waals surface area contributed by atoms with Crippen LogP contribution < -0.4 is 9.62 Å². The average molecular weight is 530 g/mol. The zero-order chi connectivity index (χ0) is 26.6. The second kappa shape index (κ2) is 11.3. The molecule has 0 bridgehead atoms. The number of hydrogen-bond donors (Lipinski definition) is 1. The van der Waals surface area contributed by atoms with Gasteiger partial charge in [0.1, 0.15) is 21.4 Å². The van der Waals surface area contributed by atoms with E-state index in [4.69, 9.17) is 4.42 Å². The van der Waals surface area contributed by atoms with Crippen molar-refractivity contribution < 1.29 is 30.4 Å². The van der Waals surface area contributed by atoms with Crippen LogP contribution in [0.5, 0.6) is 0 Å². The summed E-state index contributed by atoms with van der Waals surface area (Å²) in [6.07, 6.45) is 6.01. The molecule has 0 atom stereocenters. The van der Waals surface area contributed by atoms with Crippen LogP contribution in [0.2, 0.25) is 0 Å². The Kier molecular flexibility index (Phi) is 9.23. The van der Waals surface area contributed by atoms with Crippen molar-refractivity contribution in [3.05, 3.63) is 40.9 Å². The van der Waals surface area contributed by atoms with E-state index in [1.54, 1.807) is 13.0 Å². The smallest absolute Gasteiger partial charge is 0.255 e. The van der Waals surface area contributed by atoms with E-state index >= 15 is 0 Å². The summed E-state index contributed by atoms with van der Waals surface area (Å²) < 4.78 is 68.3. The molecule has 12 heteroatoms. The third kappa shape index (κ3) is 7.38. The van der Waals surface area contributed by atoms with E-state index in [-0.39, 0.29) is 35.2 Å². The van der Waals surface area contributed by atoms with Gasteiger partial charge in [0.2, 0.25) is 15.7 Å². The maximum atomic E-state index is 13.3. The van der Waals surface area contributed by atoms with Gasteiger partial charge in [0.25, 0.3) is 5.91 Å². The number of rotatable bonds is 11. The molecule has 1 amide bonds. The Morgan fingerprint density at radius 3 is 2.37 bits per heavy atom. The molecule has 0 aliphatic carbocycles. The number of aryl methyl sites for hydroxylation is 1. The zero-order valence-corrected chi connectivity index (χ0v) is 22.4. The number of hydrogen-bond acceptors (Lipinski definition) is 7. The van der Waals surface area contributed by atoms with Crippen LogP contribution in [0.25, 0.3) is 16.7 Å². The minimum Gasteiger partial charge on any atom is -0.437 e. The van der Waals surface area contributed by atoms with Crippen molar-refractivity contribution in [1.82, 2.24) is 10.3 Å². The van der Waals surface area contributed by atoms with Gasteiger partial charge in [0, 0.05) is 25.6 Å². The maximum absolute atomic E-state index is 13.3. The number of nitrogens with one attached hydrogen (secondary N) is 1. The number of amides is 1. The first-order chi connectivity index (χ1) is 16.2. The van der Waals surface area contributed by atoms with E-state index in [1.165, 1.54) is 26.1 Å². The normalized spacial score (nSPS) is 13.3. The Bertz CT molecular complexity index is 1370. The average Bonchev–Trinajstić information content (AvgIpc) is 3.09. The highest BCUT2D eigenvalue weighted by Crippen LogP contribution is 2.35. The lowest BCUT2D eigenvalue weighted by Gasteiger charge is -2.22. The number of furan rings is 1. The fourth-order valence-corrected chi connectivity index (χ4v) is 5.25. The minimum atomic E-state index is -3.75. The number of sulfone groups is 1. The van der Waals surface area contributed by atoms with Crippen LogP contribution in [0.3, 0.4) is 0 Å². The summed E-state index contributed by atoms with van der Waals surface area (Å²) in [5, 5.41) is 2.97. The molecule has 35 heavy (non-hydrogen) atoms. The van der Waals surface area contributed by atoms with Gasteiger partial charge >= 0.3 is 0 Å². The first-order valence-electron chi connectivity index (χ1n) is 11.0. The number of fused-ring (bicyclic) bond motifs is 1. The maximum Gasteiger partial charge on any atom is 0.255 e. The van der Waals surface area contributed by atoms with Crippen molar-refractivity contribution in [3.8, 4) is 0 Å². The van der Waals surface area contributed by atoms with Crippen molar-refractivity contribution >= 4 is 48.3 Å². The standard InChI is InChI=1S/C23H32FN3O6S2/c1-7-17(11-10-16(3)24)20-19(22(28)25-4)18-14-15(2)21(26-23(18)33-20)27(35(6,31)32)12-8-9-13-34(5,29)30/h10-11,14H,7-9,12-13H2,1-6H3,(H,25,28)/b16-10+,17-11+. The van der Waals surface area contributed by atoms with Crippen LogP contribution in [0.1, 0.15) is 54.8 Å². The zero-order valence-electron chi connectivity index (χ0n) is 20.8. The second-order valence-corrected chi connectivity index (χ2v) is 12.5. The minimum absolute atomic E-state index is 0.0320. The van der Waals surface area contributed by atoms with Gasteiger partial charge in [-0.2, -0.15) is 4.98 Å². The van der Waals surface area contributed by atoms with Crippen LogP contribution in [-0.2, 0) is 19.9 Å². The first-order valence-corrected chi connectivity index (χ1v) is 15.0. The first kappa shape index (κ1) is 28.5. The number of unbranched alkanes of at least 4 members (excludes halogenated alkanes) is 1. The molecule has 0 fully saturated rings. The molecule has 2 heterocycles. The number of aromatic nitrogens is 1. The van der Waals surface area contributed by atoms with E-state index in [0.29, 0.717) is 35.8 Å². The summed E-state index contributed by atoms with van der Waals surface area (Å²) in [6, 6.07) is 1.63. The van der Waals surface area contributed by atoms with Gasteiger partial charge in [-0.1, -0.05) is 13.0 Å². The molecule has 194 valence electrons. The third-order valence-electron chi connectivity index (χ3n) is 5.25. The van der Waals surface area contributed by atoms with E-state index < -0.39 is 31.6 Å². The van der Waals surface area contributed by atoms with Gasteiger partial charge in [0.15, 0.2) is 0 Å². The molecule has 0 aliphatic heterocycles. The van der Waals surface area contributed by atoms with Crippen molar-refractivity contribution in [3.63, 3.8) is 0 Å². The molecular formula is C23H32FN3O6S2. The predicted molar refractivity (Wildman–Crippen MR) is 136 cm³/mol. The molecule has 0 spiro atoms. The van der Waals surface area contributed by atoms with E-state index in [0.717, 1.165) is 16.8 Å². The number of carbonyl (C=O) groups is 1. The number of nitrogens with zero attached hydrogens (tertiary/aromatic N) is 2. The highest BCUT2D eigenvalue weighted by atomic mass is 32.2. The van der Waals surface area contributed by atoms with Crippen LogP contribution in [-0.4, -0.2) is 59.6 Å². The molecule has 2 aromatic heterocycles. The lowest BCUT2D eigenvalue weighted by atomic mass is 10.0. The molecule has 2 rings (SSSR count). The highest BCUT2D eigenvalue weighted by Gasteiger charge is 2.27. The number of allylic oxidation sites excluding steroid dienone is 4. The highest BCUT2D eigenvalue weighted by molar-refractivity contribution is 7.92. The Morgan fingerprint density at radius 1 is 1.20 bits per heavy atom. The quantitative estimate of drug-likeness (QED) is 0.347. The lowest BCUT2D eigenvalue weighted by Crippen LogP contribution is -2.32. The van der Waals surface area contributed by atoms with Gasteiger partial charge in [-0.05, 0) is 56.4 Å². The Labute approximate surface area is 206 Å². The van der Waals surface area contributed by atoms with Crippen molar-refractivity contribution in [2.45, 2.75) is 40.0 Å². The van der Waals surface area contributed by atoms with Gasteiger partial charge < -0.3 is 9.73 Å². The number of anilines is 1. The van der Waals surface area contributed by atoms with Crippen molar-refractivity contribution in [2.75, 3.05) is 36.2 Å². The third-order valence-corrected chi connectivity index (χ3v) is 7.44. The summed E-state index contributed by atoms with van der Waals surface area (Å²) in [5.41, 5.74) is 1.34. The van der Waals surface area contributed by atoms with Gasteiger partial charge in [-0.15, -0.1) is 0 Å². The summed E-state index contributed by atoms with van der Waals surface area (Å²) in [4.78, 5) is 17.2. The molecule has 0 saturated heterocycles. The molecule has 0 saturated carbocycles. The molecule has 0 unspecified atom stereocenters. The fraction of sp³-hybridized carbons (Fsp3) is 0.478. The van der Waals surface area contributed by atoms with E-state index in [1.807, 2.05) is 6.92 Å². The van der Waals surface area contributed by atoms with Crippen LogP contribution >= 0.6 is 0 Å². The molecule has 0 radical (unpaired) electrons. The van der Waals surface area contributed by atoms with Crippen molar-refractivity contribution in [2.24, 2.45) is 0 Å². The molecular weight excluding hydrogens is 497 g/mol. The summed E-state index contributed by atoms with van der Waals surface area (Å²) >= 11 is 0.